The molecule has 1 saturated heterocycles. The maximum absolute atomic E-state index is 12.9. The number of carbonyl (C=O) groups excluding carboxylic acids is 1. The summed E-state index contributed by atoms with van der Waals surface area (Å²) in [5.41, 5.74) is 2.16. The van der Waals surface area contributed by atoms with Crippen molar-refractivity contribution in [2.45, 2.75) is 0 Å². The Kier molecular flexibility index (Phi) is 6.03. The first-order valence-corrected chi connectivity index (χ1v) is 11.8. The lowest BCUT2D eigenvalue weighted by atomic mass is 10.1. The summed E-state index contributed by atoms with van der Waals surface area (Å²) in [6.07, 6.45) is 3.37. The number of likely N-dealkylation sites (N-methyl/N-ethyl adjacent to an activating group) is 1. The van der Waals surface area contributed by atoms with Crippen molar-refractivity contribution >= 4 is 45.0 Å². The number of piperazine rings is 1. The second-order valence-electron chi connectivity index (χ2n) is 8.40. The Bertz CT molecular complexity index is 1330. The molecule has 0 spiro atoms. The van der Waals surface area contributed by atoms with Crippen LogP contribution in [0, 0.1) is 0 Å². The van der Waals surface area contributed by atoms with Crippen molar-refractivity contribution < 1.29 is 4.79 Å². The molecule has 0 bridgehead atoms. The Labute approximate surface area is 201 Å². The van der Waals surface area contributed by atoms with Gasteiger partial charge < -0.3 is 14.7 Å². The average molecular weight is 476 g/mol. The summed E-state index contributed by atoms with van der Waals surface area (Å²) in [5, 5.41) is 13.8. The van der Waals surface area contributed by atoms with E-state index in [1.807, 2.05) is 43.3 Å². The molecule has 1 aromatic carbocycles. The third kappa shape index (κ3) is 4.66. The quantitative estimate of drug-likeness (QED) is 0.466. The van der Waals surface area contributed by atoms with E-state index in [-0.39, 0.29) is 11.9 Å². The highest BCUT2D eigenvalue weighted by Gasteiger charge is 2.17. The van der Waals surface area contributed by atoms with E-state index in [2.05, 4.69) is 47.3 Å². The van der Waals surface area contributed by atoms with E-state index < -0.39 is 0 Å². The van der Waals surface area contributed by atoms with Crippen LogP contribution in [0.5, 0.6) is 0 Å². The van der Waals surface area contributed by atoms with Crippen LogP contribution >= 0.6 is 11.3 Å². The maximum Gasteiger partial charge on any atom is 0.258 e. The van der Waals surface area contributed by atoms with Gasteiger partial charge in [-0.2, -0.15) is 0 Å². The lowest BCUT2D eigenvalue weighted by Gasteiger charge is -2.33. The van der Waals surface area contributed by atoms with Gasteiger partial charge in [-0.3, -0.25) is 10.1 Å². The largest absolute Gasteiger partial charge is 0.354 e. The van der Waals surface area contributed by atoms with Crippen LogP contribution < -0.4 is 15.1 Å². The van der Waals surface area contributed by atoms with Crippen LogP contribution in [0.3, 0.4) is 0 Å². The molecule has 4 heterocycles. The number of carbonyl (C=O) groups is 1. The molecule has 0 radical (unpaired) electrons. The van der Waals surface area contributed by atoms with Gasteiger partial charge in [-0.25, -0.2) is 15.0 Å². The number of rotatable bonds is 5. The number of nitrogens with zero attached hydrogens (tertiary/aromatic N) is 8. The van der Waals surface area contributed by atoms with Crippen LogP contribution in [0.2, 0.25) is 0 Å². The molecular weight excluding hydrogens is 450 g/mol. The monoisotopic (exact) mass is 475 g/mol. The topological polar surface area (TPSA) is 103 Å². The smallest absolute Gasteiger partial charge is 0.258 e. The molecule has 5 rings (SSSR count). The molecule has 0 unspecified atom stereocenters. The predicted octanol–water partition coefficient (Wildman–Crippen LogP) is 2.61. The Morgan fingerprint density at radius 1 is 1.06 bits per heavy atom. The number of anilines is 3. The number of hydrogen-bond acceptors (Lipinski definition) is 10. The Hall–Kier alpha value is -3.70. The molecule has 174 valence electrons. The summed E-state index contributed by atoms with van der Waals surface area (Å²) in [5.74, 6) is 0.783. The van der Waals surface area contributed by atoms with Gasteiger partial charge in [0.2, 0.25) is 11.1 Å². The highest BCUT2D eigenvalue weighted by molar-refractivity contribution is 7.18. The molecule has 0 aliphatic carbocycles. The molecule has 0 atom stereocenters. The van der Waals surface area contributed by atoms with Crippen molar-refractivity contribution in [3.8, 4) is 10.6 Å². The summed E-state index contributed by atoms with van der Waals surface area (Å²) >= 11 is 1.51. The molecule has 0 saturated carbocycles. The second-order valence-corrected chi connectivity index (χ2v) is 9.35. The Morgan fingerprint density at radius 2 is 1.88 bits per heavy atom. The number of fused-ring (bicyclic) bond motifs is 1. The number of hydrogen-bond donors (Lipinski definition) is 1. The molecule has 1 fully saturated rings. The van der Waals surface area contributed by atoms with Crippen LogP contribution in [0.15, 0.2) is 42.7 Å². The van der Waals surface area contributed by atoms with E-state index in [0.29, 0.717) is 5.56 Å². The van der Waals surface area contributed by atoms with Crippen molar-refractivity contribution in [2.75, 3.05) is 62.4 Å². The maximum atomic E-state index is 12.9. The molecule has 1 aliphatic heterocycles. The Balaban J connectivity index is 1.35. The predicted molar refractivity (Wildman–Crippen MR) is 135 cm³/mol. The summed E-state index contributed by atoms with van der Waals surface area (Å²) < 4.78 is 0. The number of nitrogens with one attached hydrogen (secondary N) is 1. The van der Waals surface area contributed by atoms with Crippen molar-refractivity contribution in [3.63, 3.8) is 0 Å². The zero-order valence-corrected chi connectivity index (χ0v) is 20.1. The van der Waals surface area contributed by atoms with E-state index in [0.717, 1.165) is 58.6 Å². The van der Waals surface area contributed by atoms with Crippen LogP contribution in [-0.2, 0) is 0 Å². The summed E-state index contributed by atoms with van der Waals surface area (Å²) in [7, 11) is 5.98. The average Bonchev–Trinajstić information content (AvgIpc) is 3.35. The first kappa shape index (κ1) is 22.1. The molecule has 11 heteroatoms. The van der Waals surface area contributed by atoms with Crippen LogP contribution in [0.1, 0.15) is 10.4 Å². The summed E-state index contributed by atoms with van der Waals surface area (Å²) in [4.78, 5) is 32.7. The van der Waals surface area contributed by atoms with Gasteiger partial charge in [-0.1, -0.05) is 23.5 Å². The Morgan fingerprint density at radius 3 is 2.65 bits per heavy atom. The van der Waals surface area contributed by atoms with E-state index in [1.54, 1.807) is 18.5 Å². The zero-order valence-electron chi connectivity index (χ0n) is 19.3. The summed E-state index contributed by atoms with van der Waals surface area (Å²) in [6.45, 7) is 3.71. The minimum Gasteiger partial charge on any atom is -0.354 e. The first-order valence-electron chi connectivity index (χ1n) is 11.0. The van der Waals surface area contributed by atoms with E-state index >= 15 is 0 Å². The van der Waals surface area contributed by atoms with E-state index in [1.165, 1.54) is 11.3 Å². The minimum absolute atomic E-state index is 0.249. The SMILES string of the molecule is CN1CCN(c2cc(C(=O)Nc3ncc4ccc(-c5nnc(N(C)C)s5)cc4n3)ccn2)CC1. The molecule has 1 N–H and O–H groups in total. The van der Waals surface area contributed by atoms with Crippen LogP contribution in [-0.4, -0.2) is 83.3 Å². The second kappa shape index (κ2) is 9.27. The normalized spacial score (nSPS) is 14.4. The van der Waals surface area contributed by atoms with Gasteiger partial charge in [-0.05, 0) is 25.2 Å². The molecule has 1 amide bonds. The van der Waals surface area contributed by atoms with Crippen molar-refractivity contribution in [1.82, 2.24) is 30.0 Å². The lowest BCUT2D eigenvalue weighted by molar-refractivity contribution is 0.102. The van der Waals surface area contributed by atoms with E-state index in [9.17, 15) is 4.79 Å². The highest BCUT2D eigenvalue weighted by atomic mass is 32.1. The molecule has 1 aliphatic rings. The number of pyridine rings is 1. The fourth-order valence-corrected chi connectivity index (χ4v) is 4.43. The molecule has 34 heavy (non-hydrogen) atoms. The van der Waals surface area contributed by atoms with E-state index in [4.69, 9.17) is 0 Å². The fourth-order valence-electron chi connectivity index (χ4n) is 3.67. The number of amides is 1. The third-order valence-electron chi connectivity index (χ3n) is 5.69. The van der Waals surface area contributed by atoms with Crippen molar-refractivity contribution in [2.24, 2.45) is 0 Å². The van der Waals surface area contributed by atoms with Crippen LogP contribution in [0.4, 0.5) is 16.9 Å². The number of aromatic nitrogens is 5. The van der Waals surface area contributed by atoms with Gasteiger partial charge in [0.05, 0.1) is 5.52 Å². The van der Waals surface area contributed by atoms with Gasteiger partial charge in [0.25, 0.3) is 5.91 Å². The minimum atomic E-state index is -0.270. The molecule has 10 nitrogen and oxygen atoms in total. The van der Waals surface area contributed by atoms with Crippen LogP contribution in [0.25, 0.3) is 21.5 Å². The van der Waals surface area contributed by atoms with Gasteiger partial charge in [0.15, 0.2) is 0 Å². The highest BCUT2D eigenvalue weighted by Crippen LogP contribution is 2.29. The van der Waals surface area contributed by atoms with Gasteiger partial charge in [0, 0.05) is 69.2 Å². The van der Waals surface area contributed by atoms with Crippen molar-refractivity contribution in [1.29, 1.82) is 0 Å². The van der Waals surface area contributed by atoms with Crippen molar-refractivity contribution in [3.05, 3.63) is 48.3 Å². The van der Waals surface area contributed by atoms with Gasteiger partial charge in [-0.15, -0.1) is 10.2 Å². The standard InChI is InChI=1S/C23H25N9OS/c1-30(2)23-29-28-21(34-23)16-4-5-17-14-25-22(26-18(17)12-16)27-20(33)15-6-7-24-19(13-15)32-10-8-31(3)9-11-32/h4-7,12-14H,8-11H2,1-3H3,(H,25,26,27,33). The summed E-state index contributed by atoms with van der Waals surface area (Å²) in [6, 6.07) is 9.37. The zero-order chi connectivity index (χ0) is 23.7. The molecule has 4 aromatic rings. The third-order valence-corrected chi connectivity index (χ3v) is 6.83. The van der Waals surface area contributed by atoms with Gasteiger partial charge in [0.1, 0.15) is 10.8 Å². The van der Waals surface area contributed by atoms with Gasteiger partial charge >= 0.3 is 0 Å². The molecular formula is C23H25N9OS. The fraction of sp³-hybridized carbons (Fsp3) is 0.304. The number of benzene rings is 1. The first-order chi connectivity index (χ1) is 16.5. The lowest BCUT2D eigenvalue weighted by Crippen LogP contribution is -2.44. The molecule has 3 aromatic heterocycles.